The summed E-state index contributed by atoms with van der Waals surface area (Å²) in [5, 5.41) is 4.33. The summed E-state index contributed by atoms with van der Waals surface area (Å²) in [7, 11) is 0. The highest BCUT2D eigenvalue weighted by Gasteiger charge is 2.36. The predicted molar refractivity (Wildman–Crippen MR) is 55.9 cm³/mol. The Labute approximate surface area is 84.1 Å². The SMILES string of the molecule is CC1(NCc2ccc(Cl)cc2)CC1. The first-order valence-electron chi connectivity index (χ1n) is 4.67. The van der Waals surface area contributed by atoms with Gasteiger partial charge in [0.25, 0.3) is 0 Å². The Morgan fingerprint density at radius 2 is 1.92 bits per heavy atom. The molecule has 1 aromatic carbocycles. The molecule has 0 bridgehead atoms. The molecule has 1 aliphatic carbocycles. The number of hydrogen-bond donors (Lipinski definition) is 1. The normalized spacial score (nSPS) is 18.6. The smallest absolute Gasteiger partial charge is 0.0406 e. The summed E-state index contributed by atoms with van der Waals surface area (Å²) in [5.74, 6) is 0. The predicted octanol–water partition coefficient (Wildman–Crippen LogP) is 2.98. The van der Waals surface area contributed by atoms with Crippen molar-refractivity contribution >= 4 is 11.6 Å². The highest BCUT2D eigenvalue weighted by molar-refractivity contribution is 6.30. The summed E-state index contributed by atoms with van der Waals surface area (Å²) < 4.78 is 0. The van der Waals surface area contributed by atoms with Crippen LogP contribution in [0.15, 0.2) is 24.3 Å². The minimum atomic E-state index is 0.416. The fourth-order valence-corrected chi connectivity index (χ4v) is 1.41. The molecule has 0 atom stereocenters. The zero-order chi connectivity index (χ0) is 9.31. The fraction of sp³-hybridized carbons (Fsp3) is 0.455. The molecular weight excluding hydrogens is 182 g/mol. The van der Waals surface area contributed by atoms with Gasteiger partial charge in [0.2, 0.25) is 0 Å². The molecule has 1 nitrogen and oxygen atoms in total. The maximum absolute atomic E-state index is 5.79. The van der Waals surface area contributed by atoms with Gasteiger partial charge in [0.1, 0.15) is 0 Å². The Kier molecular flexibility index (Phi) is 2.31. The Hall–Kier alpha value is -0.530. The molecule has 0 aliphatic heterocycles. The van der Waals surface area contributed by atoms with Gasteiger partial charge in [-0.1, -0.05) is 23.7 Å². The van der Waals surface area contributed by atoms with Crippen LogP contribution in [-0.4, -0.2) is 5.54 Å². The number of rotatable bonds is 3. The zero-order valence-electron chi connectivity index (χ0n) is 7.81. The van der Waals surface area contributed by atoms with E-state index in [0.717, 1.165) is 11.6 Å². The van der Waals surface area contributed by atoms with E-state index in [1.54, 1.807) is 0 Å². The topological polar surface area (TPSA) is 12.0 Å². The molecule has 2 rings (SSSR count). The van der Waals surface area contributed by atoms with Crippen LogP contribution < -0.4 is 5.32 Å². The molecule has 1 fully saturated rings. The third kappa shape index (κ3) is 2.45. The summed E-state index contributed by atoms with van der Waals surface area (Å²) in [6, 6.07) is 8.02. The van der Waals surface area contributed by atoms with Crippen molar-refractivity contribution in [1.82, 2.24) is 5.32 Å². The second-order valence-electron chi connectivity index (χ2n) is 4.04. The third-order valence-electron chi connectivity index (χ3n) is 2.63. The Morgan fingerprint density at radius 1 is 1.31 bits per heavy atom. The Balaban J connectivity index is 1.91. The molecule has 0 aromatic heterocycles. The lowest BCUT2D eigenvalue weighted by atomic mass is 10.2. The molecule has 13 heavy (non-hydrogen) atoms. The molecule has 0 heterocycles. The van der Waals surface area contributed by atoms with Crippen LogP contribution in [0.4, 0.5) is 0 Å². The van der Waals surface area contributed by atoms with Crippen molar-refractivity contribution in [2.24, 2.45) is 0 Å². The molecule has 0 saturated heterocycles. The van der Waals surface area contributed by atoms with Crippen LogP contribution in [0.1, 0.15) is 25.3 Å². The van der Waals surface area contributed by atoms with E-state index >= 15 is 0 Å². The number of nitrogens with one attached hydrogen (secondary N) is 1. The average molecular weight is 196 g/mol. The van der Waals surface area contributed by atoms with Gasteiger partial charge in [-0.25, -0.2) is 0 Å². The first-order chi connectivity index (χ1) is 6.18. The molecule has 0 amide bonds. The first-order valence-corrected chi connectivity index (χ1v) is 5.05. The van der Waals surface area contributed by atoms with Crippen LogP contribution in [-0.2, 0) is 6.54 Å². The highest BCUT2D eigenvalue weighted by atomic mass is 35.5. The molecule has 0 radical (unpaired) electrons. The summed E-state index contributed by atoms with van der Waals surface area (Å²) in [4.78, 5) is 0. The first kappa shape index (κ1) is 9.04. The van der Waals surface area contributed by atoms with E-state index in [-0.39, 0.29) is 0 Å². The number of halogens is 1. The summed E-state index contributed by atoms with van der Waals surface area (Å²) in [6.45, 7) is 3.22. The minimum absolute atomic E-state index is 0.416. The minimum Gasteiger partial charge on any atom is -0.307 e. The van der Waals surface area contributed by atoms with Crippen LogP contribution in [0.5, 0.6) is 0 Å². The van der Waals surface area contributed by atoms with Gasteiger partial charge in [-0.05, 0) is 37.5 Å². The lowest BCUT2D eigenvalue weighted by molar-refractivity contribution is 0.538. The molecular formula is C11H14ClN. The second kappa shape index (κ2) is 3.32. The van der Waals surface area contributed by atoms with E-state index in [1.807, 2.05) is 12.1 Å². The van der Waals surface area contributed by atoms with E-state index in [9.17, 15) is 0 Å². The van der Waals surface area contributed by atoms with Crippen molar-refractivity contribution in [3.05, 3.63) is 34.9 Å². The van der Waals surface area contributed by atoms with E-state index < -0.39 is 0 Å². The van der Waals surface area contributed by atoms with Crippen molar-refractivity contribution in [1.29, 1.82) is 0 Å². The molecule has 1 aromatic rings. The molecule has 2 heteroatoms. The molecule has 70 valence electrons. The molecule has 0 unspecified atom stereocenters. The maximum atomic E-state index is 5.79. The highest BCUT2D eigenvalue weighted by Crippen LogP contribution is 2.34. The van der Waals surface area contributed by atoms with Gasteiger partial charge in [0, 0.05) is 17.1 Å². The van der Waals surface area contributed by atoms with Gasteiger partial charge < -0.3 is 5.32 Å². The summed E-state index contributed by atoms with van der Waals surface area (Å²) in [6.07, 6.45) is 2.61. The van der Waals surface area contributed by atoms with Crippen LogP contribution in [0.25, 0.3) is 0 Å². The molecule has 1 aliphatic rings. The number of benzene rings is 1. The van der Waals surface area contributed by atoms with Crippen molar-refractivity contribution in [3.8, 4) is 0 Å². The lowest BCUT2D eigenvalue weighted by Crippen LogP contribution is -2.26. The van der Waals surface area contributed by atoms with Crippen molar-refractivity contribution in [2.45, 2.75) is 31.8 Å². The molecule has 1 N–H and O–H groups in total. The largest absolute Gasteiger partial charge is 0.307 e. The van der Waals surface area contributed by atoms with E-state index in [1.165, 1.54) is 18.4 Å². The van der Waals surface area contributed by atoms with Crippen molar-refractivity contribution < 1.29 is 0 Å². The van der Waals surface area contributed by atoms with Crippen LogP contribution >= 0.6 is 11.6 Å². The van der Waals surface area contributed by atoms with Crippen molar-refractivity contribution in [2.75, 3.05) is 0 Å². The monoisotopic (exact) mass is 195 g/mol. The Bertz CT molecular complexity index is 287. The zero-order valence-corrected chi connectivity index (χ0v) is 8.56. The summed E-state index contributed by atoms with van der Waals surface area (Å²) >= 11 is 5.79. The van der Waals surface area contributed by atoms with Crippen LogP contribution in [0.2, 0.25) is 5.02 Å². The van der Waals surface area contributed by atoms with Crippen molar-refractivity contribution in [3.63, 3.8) is 0 Å². The van der Waals surface area contributed by atoms with E-state index in [4.69, 9.17) is 11.6 Å². The summed E-state index contributed by atoms with van der Waals surface area (Å²) in [5.41, 5.74) is 1.72. The van der Waals surface area contributed by atoms with E-state index in [0.29, 0.717) is 5.54 Å². The van der Waals surface area contributed by atoms with E-state index in [2.05, 4.69) is 24.4 Å². The second-order valence-corrected chi connectivity index (χ2v) is 4.48. The van der Waals surface area contributed by atoms with Gasteiger partial charge in [0.15, 0.2) is 0 Å². The van der Waals surface area contributed by atoms with Crippen LogP contribution in [0, 0.1) is 0 Å². The lowest BCUT2D eigenvalue weighted by Gasteiger charge is -2.10. The molecule has 1 saturated carbocycles. The van der Waals surface area contributed by atoms with Gasteiger partial charge in [-0.2, -0.15) is 0 Å². The van der Waals surface area contributed by atoms with Gasteiger partial charge in [-0.3, -0.25) is 0 Å². The standard InChI is InChI=1S/C11H14ClN/c1-11(6-7-11)13-8-9-2-4-10(12)5-3-9/h2-5,13H,6-8H2,1H3. The third-order valence-corrected chi connectivity index (χ3v) is 2.88. The van der Waals surface area contributed by atoms with Gasteiger partial charge >= 0.3 is 0 Å². The van der Waals surface area contributed by atoms with Gasteiger partial charge in [0.05, 0.1) is 0 Å². The quantitative estimate of drug-likeness (QED) is 0.782. The average Bonchev–Trinajstić information content (AvgIpc) is 2.84. The maximum Gasteiger partial charge on any atom is 0.0406 e. The Morgan fingerprint density at radius 3 is 2.46 bits per heavy atom. The fourth-order valence-electron chi connectivity index (χ4n) is 1.28. The van der Waals surface area contributed by atoms with Crippen LogP contribution in [0.3, 0.4) is 0 Å². The molecule has 0 spiro atoms. The number of hydrogen-bond acceptors (Lipinski definition) is 1. The van der Waals surface area contributed by atoms with Gasteiger partial charge in [-0.15, -0.1) is 0 Å².